The topological polar surface area (TPSA) is 71.2 Å². The van der Waals surface area contributed by atoms with Gasteiger partial charge < -0.3 is 11.1 Å². The van der Waals surface area contributed by atoms with Crippen LogP contribution in [-0.4, -0.2) is 24.1 Å². The molecule has 1 aliphatic heterocycles. The first-order valence-electron chi connectivity index (χ1n) is 6.52. The van der Waals surface area contributed by atoms with Gasteiger partial charge in [0, 0.05) is 29.9 Å². The van der Waals surface area contributed by atoms with Crippen LogP contribution < -0.4 is 16.0 Å². The number of para-hydroxylation sites is 1. The van der Waals surface area contributed by atoms with Crippen molar-refractivity contribution in [1.29, 1.82) is 0 Å². The number of aromatic nitrogens is 1. The molecule has 2 heterocycles. The van der Waals surface area contributed by atoms with Crippen molar-refractivity contribution < 1.29 is 4.79 Å². The van der Waals surface area contributed by atoms with Gasteiger partial charge in [0.1, 0.15) is 0 Å². The van der Waals surface area contributed by atoms with E-state index in [2.05, 4.69) is 10.3 Å². The first-order valence-corrected chi connectivity index (χ1v) is 6.52. The minimum atomic E-state index is -0.476. The molecule has 0 radical (unpaired) electrons. The van der Waals surface area contributed by atoms with Crippen LogP contribution in [0.2, 0.25) is 0 Å². The van der Waals surface area contributed by atoms with Gasteiger partial charge in [-0.15, -0.1) is 0 Å². The Kier molecular flexibility index (Phi) is 3.12. The van der Waals surface area contributed by atoms with Gasteiger partial charge in [0.25, 0.3) is 0 Å². The number of nitrogens with two attached hydrogens (primary N) is 1. The van der Waals surface area contributed by atoms with Crippen LogP contribution >= 0.6 is 0 Å². The van der Waals surface area contributed by atoms with E-state index in [4.69, 9.17) is 5.73 Å². The quantitative estimate of drug-likeness (QED) is 0.874. The fourth-order valence-corrected chi connectivity index (χ4v) is 2.52. The number of aryl methyl sites for hydroxylation is 1. The number of pyridine rings is 1. The van der Waals surface area contributed by atoms with E-state index in [1.54, 1.807) is 4.90 Å². The molecule has 2 aromatic rings. The third kappa shape index (κ3) is 2.12. The first kappa shape index (κ1) is 12.6. The smallest absolute Gasteiger partial charge is 0.323 e. The highest BCUT2D eigenvalue weighted by Crippen LogP contribution is 2.29. The van der Waals surface area contributed by atoms with Gasteiger partial charge in [-0.3, -0.25) is 9.88 Å². The van der Waals surface area contributed by atoms with Crippen molar-refractivity contribution in [1.82, 2.24) is 10.3 Å². The Morgan fingerprint density at radius 2 is 2.20 bits per heavy atom. The van der Waals surface area contributed by atoms with Crippen LogP contribution in [0, 0.1) is 6.92 Å². The monoisotopic (exact) mass is 268 g/mol. The van der Waals surface area contributed by atoms with E-state index in [9.17, 15) is 4.79 Å². The molecule has 2 amide bonds. The van der Waals surface area contributed by atoms with Crippen LogP contribution in [0.3, 0.4) is 0 Å². The van der Waals surface area contributed by atoms with Gasteiger partial charge in [0.15, 0.2) is 0 Å². The molecule has 0 spiro atoms. The second kappa shape index (κ2) is 4.94. The van der Waals surface area contributed by atoms with E-state index >= 15 is 0 Å². The maximum atomic E-state index is 11.9. The van der Waals surface area contributed by atoms with E-state index in [0.29, 0.717) is 6.54 Å². The van der Waals surface area contributed by atoms with Crippen molar-refractivity contribution in [2.75, 3.05) is 18.0 Å². The normalized spacial score (nSPS) is 14.3. The van der Waals surface area contributed by atoms with E-state index in [1.165, 1.54) is 0 Å². The van der Waals surface area contributed by atoms with Gasteiger partial charge in [-0.05, 0) is 25.1 Å². The molecule has 0 aliphatic carbocycles. The summed E-state index contributed by atoms with van der Waals surface area (Å²) in [5.74, 6) is 0. The molecule has 0 bridgehead atoms. The molecule has 1 aromatic carbocycles. The van der Waals surface area contributed by atoms with Gasteiger partial charge in [0.05, 0.1) is 11.2 Å². The van der Waals surface area contributed by atoms with Gasteiger partial charge in [-0.1, -0.05) is 18.2 Å². The molecule has 20 heavy (non-hydrogen) atoms. The zero-order valence-electron chi connectivity index (χ0n) is 11.3. The third-order valence-corrected chi connectivity index (χ3v) is 3.36. The number of rotatable bonds is 2. The number of carbonyl (C=O) groups excluding carboxylic acids is 1. The maximum absolute atomic E-state index is 11.9. The summed E-state index contributed by atoms with van der Waals surface area (Å²) in [4.78, 5) is 18.0. The predicted molar refractivity (Wildman–Crippen MR) is 79.5 cm³/mol. The molecule has 3 N–H and O–H groups in total. The Morgan fingerprint density at radius 3 is 2.90 bits per heavy atom. The molecule has 5 nitrogen and oxygen atoms in total. The number of primary amides is 1. The molecule has 102 valence electrons. The van der Waals surface area contributed by atoms with Crippen molar-refractivity contribution in [2.24, 2.45) is 5.73 Å². The van der Waals surface area contributed by atoms with Crippen molar-refractivity contribution >= 4 is 22.6 Å². The lowest BCUT2D eigenvalue weighted by molar-refractivity contribution is 0.255. The van der Waals surface area contributed by atoms with Gasteiger partial charge in [0.2, 0.25) is 0 Å². The van der Waals surface area contributed by atoms with E-state index in [1.807, 2.05) is 43.3 Å². The third-order valence-electron chi connectivity index (χ3n) is 3.36. The fraction of sp³-hybridized carbons (Fsp3) is 0.200. The van der Waals surface area contributed by atoms with E-state index < -0.39 is 6.03 Å². The Hall–Kier alpha value is -2.40. The molecule has 0 saturated carbocycles. The Bertz CT molecular complexity index is 708. The Labute approximate surface area is 117 Å². The number of hydrogen-bond donors (Lipinski definition) is 2. The second-order valence-electron chi connectivity index (χ2n) is 4.80. The number of carbonyl (C=O) groups is 1. The largest absolute Gasteiger partial charge is 0.351 e. The Morgan fingerprint density at radius 1 is 1.40 bits per heavy atom. The number of fused-ring (bicyclic) bond motifs is 1. The molecule has 3 rings (SSSR count). The summed E-state index contributed by atoms with van der Waals surface area (Å²) in [6.45, 7) is 3.30. The van der Waals surface area contributed by atoms with Crippen LogP contribution in [0.25, 0.3) is 10.9 Å². The first-order chi connectivity index (χ1) is 9.66. The summed E-state index contributed by atoms with van der Waals surface area (Å²) in [6, 6.07) is 9.18. The number of urea groups is 1. The minimum Gasteiger partial charge on any atom is -0.351 e. The minimum absolute atomic E-state index is 0.476. The number of nitrogens with one attached hydrogen (secondary N) is 1. The van der Waals surface area contributed by atoms with Crippen LogP contribution in [0.5, 0.6) is 0 Å². The summed E-state index contributed by atoms with van der Waals surface area (Å²) in [7, 11) is 0. The fourth-order valence-electron chi connectivity index (χ4n) is 2.52. The highest BCUT2D eigenvalue weighted by molar-refractivity contribution is 6.03. The van der Waals surface area contributed by atoms with Crippen molar-refractivity contribution in [3.05, 3.63) is 47.8 Å². The lowest BCUT2D eigenvalue weighted by Crippen LogP contribution is -2.36. The van der Waals surface area contributed by atoms with Gasteiger partial charge in [-0.2, -0.15) is 0 Å². The lowest BCUT2D eigenvalue weighted by Gasteiger charge is -2.23. The van der Waals surface area contributed by atoms with E-state index in [-0.39, 0.29) is 0 Å². The highest BCUT2D eigenvalue weighted by Gasteiger charge is 2.22. The molecule has 1 aliphatic rings. The number of hydrogen-bond acceptors (Lipinski definition) is 3. The molecule has 0 unspecified atom stereocenters. The van der Waals surface area contributed by atoms with E-state index in [0.717, 1.165) is 34.5 Å². The summed E-state index contributed by atoms with van der Waals surface area (Å²) in [5.41, 5.74) is 8.98. The maximum Gasteiger partial charge on any atom is 0.323 e. The summed E-state index contributed by atoms with van der Waals surface area (Å²) >= 11 is 0. The summed E-state index contributed by atoms with van der Waals surface area (Å²) < 4.78 is 0. The Balaban J connectivity index is 2.22. The summed E-state index contributed by atoms with van der Waals surface area (Å²) in [5, 5.41) is 4.10. The SMILES string of the molecule is Cc1cc(N(C(N)=O)C2=CCNC2)c2ccccc2n1. The average Bonchev–Trinajstić information content (AvgIpc) is 2.92. The molecule has 0 atom stereocenters. The van der Waals surface area contributed by atoms with Crippen molar-refractivity contribution in [3.63, 3.8) is 0 Å². The highest BCUT2D eigenvalue weighted by atomic mass is 16.2. The number of anilines is 1. The predicted octanol–water partition coefficient (Wildman–Crippen LogP) is 1.92. The van der Waals surface area contributed by atoms with Gasteiger partial charge in [-0.25, -0.2) is 4.79 Å². The number of benzene rings is 1. The molecular weight excluding hydrogens is 252 g/mol. The van der Waals surface area contributed by atoms with Crippen LogP contribution in [0.15, 0.2) is 42.1 Å². The second-order valence-corrected chi connectivity index (χ2v) is 4.80. The lowest BCUT2D eigenvalue weighted by atomic mass is 10.1. The molecule has 5 heteroatoms. The number of amides is 2. The average molecular weight is 268 g/mol. The standard InChI is InChI=1S/C15H16N4O/c1-10-8-14(12-4-2-3-5-13(12)18-10)19(15(16)20)11-6-7-17-9-11/h2-6,8,17H,7,9H2,1H3,(H2,16,20). The van der Waals surface area contributed by atoms with Crippen LogP contribution in [0.1, 0.15) is 5.69 Å². The van der Waals surface area contributed by atoms with Crippen LogP contribution in [-0.2, 0) is 0 Å². The number of nitrogens with zero attached hydrogens (tertiary/aromatic N) is 2. The van der Waals surface area contributed by atoms with Crippen LogP contribution in [0.4, 0.5) is 10.5 Å². The van der Waals surface area contributed by atoms with Gasteiger partial charge >= 0.3 is 6.03 Å². The zero-order chi connectivity index (χ0) is 14.1. The molecule has 0 fully saturated rings. The molecular formula is C15H16N4O. The molecule has 1 aromatic heterocycles. The molecule has 0 saturated heterocycles. The summed E-state index contributed by atoms with van der Waals surface area (Å²) in [6.07, 6.45) is 1.98. The van der Waals surface area contributed by atoms with Crippen molar-refractivity contribution in [2.45, 2.75) is 6.92 Å². The zero-order valence-corrected chi connectivity index (χ0v) is 11.3. The van der Waals surface area contributed by atoms with Crippen molar-refractivity contribution in [3.8, 4) is 0 Å².